The lowest BCUT2D eigenvalue weighted by atomic mass is 10.0. The summed E-state index contributed by atoms with van der Waals surface area (Å²) in [4.78, 5) is 40.4. The Balaban J connectivity index is 1.62. The first kappa shape index (κ1) is 20.8. The molecule has 1 aromatic heterocycles. The Kier molecular flexibility index (Phi) is 6.46. The van der Waals surface area contributed by atoms with Crippen molar-refractivity contribution in [3.05, 3.63) is 58.5 Å². The van der Waals surface area contributed by atoms with Crippen LogP contribution in [0.1, 0.15) is 31.4 Å². The molecule has 0 bridgehead atoms. The second-order valence-corrected chi connectivity index (χ2v) is 7.19. The van der Waals surface area contributed by atoms with Crippen LogP contribution in [0.4, 0.5) is 0 Å². The molecule has 3 atom stereocenters. The lowest BCUT2D eigenvalue weighted by molar-refractivity contribution is -0.152. The minimum Gasteiger partial charge on any atom is -0.380 e. The number of aliphatic hydroxyl groups excluding tert-OH is 2. The van der Waals surface area contributed by atoms with E-state index >= 15 is 0 Å². The van der Waals surface area contributed by atoms with Crippen molar-refractivity contribution in [1.82, 2.24) is 15.2 Å². The van der Waals surface area contributed by atoms with E-state index in [1.807, 2.05) is 0 Å². The third kappa shape index (κ3) is 4.72. The zero-order chi connectivity index (χ0) is 21.0. The van der Waals surface area contributed by atoms with E-state index in [1.54, 1.807) is 49.5 Å². The number of aliphatic hydroxyl groups is 2. The van der Waals surface area contributed by atoms with Gasteiger partial charge in [0, 0.05) is 24.8 Å². The molecule has 1 fully saturated rings. The van der Waals surface area contributed by atoms with Crippen molar-refractivity contribution in [1.29, 1.82) is 0 Å². The van der Waals surface area contributed by atoms with Crippen LogP contribution in [0.5, 0.6) is 0 Å². The van der Waals surface area contributed by atoms with E-state index in [2.05, 4.69) is 10.3 Å². The van der Waals surface area contributed by atoms with Gasteiger partial charge in [0.25, 0.3) is 17.4 Å². The molecule has 2 aromatic rings. The monoisotopic (exact) mass is 399 g/mol. The molecule has 8 heteroatoms. The van der Waals surface area contributed by atoms with Crippen molar-refractivity contribution >= 4 is 11.8 Å². The highest BCUT2D eigenvalue weighted by molar-refractivity contribution is 5.91. The Bertz CT molecular complexity index is 918. The fourth-order valence-electron chi connectivity index (χ4n) is 3.39. The maximum atomic E-state index is 12.3. The summed E-state index contributed by atoms with van der Waals surface area (Å²) in [6.07, 6.45) is -0.364. The molecule has 1 aliphatic heterocycles. The summed E-state index contributed by atoms with van der Waals surface area (Å²) in [5.74, 6) is -1.45. The fourth-order valence-corrected chi connectivity index (χ4v) is 3.39. The van der Waals surface area contributed by atoms with Crippen LogP contribution in [0, 0.1) is 0 Å². The standard InChI is InChI=1S/C21H25N3O5/c1-13(14-6-8-15(9-7-14)16-5-4-10-22-19(16)27)23-20(28)17(25)18(26)21(29)24-11-2-3-12-24/h4-10,13,17-18,25-26H,2-3,11-12H2,1H3,(H,22,27)(H,23,28). The van der Waals surface area contributed by atoms with Crippen molar-refractivity contribution in [2.45, 2.75) is 38.0 Å². The molecule has 1 aromatic carbocycles. The summed E-state index contributed by atoms with van der Waals surface area (Å²) in [6.45, 7) is 2.78. The quantitative estimate of drug-likeness (QED) is 0.565. The molecule has 3 unspecified atom stereocenters. The smallest absolute Gasteiger partial charge is 0.255 e. The average molecular weight is 399 g/mol. The molecule has 29 heavy (non-hydrogen) atoms. The zero-order valence-corrected chi connectivity index (χ0v) is 16.2. The number of H-pyrrole nitrogens is 1. The fraction of sp³-hybridized carbons (Fsp3) is 0.381. The van der Waals surface area contributed by atoms with Crippen LogP contribution < -0.4 is 10.9 Å². The van der Waals surface area contributed by atoms with E-state index in [-0.39, 0.29) is 5.56 Å². The minimum atomic E-state index is -1.84. The number of carbonyl (C=O) groups is 2. The summed E-state index contributed by atoms with van der Waals surface area (Å²) in [5.41, 5.74) is 1.83. The Morgan fingerprint density at radius 1 is 1.07 bits per heavy atom. The van der Waals surface area contributed by atoms with Gasteiger partial charge in [-0.05, 0) is 43.0 Å². The zero-order valence-electron chi connectivity index (χ0n) is 16.2. The normalized spacial score (nSPS) is 16.9. The van der Waals surface area contributed by atoms with Gasteiger partial charge in [-0.3, -0.25) is 14.4 Å². The van der Waals surface area contributed by atoms with Gasteiger partial charge in [0.15, 0.2) is 12.2 Å². The van der Waals surface area contributed by atoms with E-state index in [4.69, 9.17) is 0 Å². The Hall–Kier alpha value is -2.97. The lowest BCUT2D eigenvalue weighted by Gasteiger charge is -2.24. The second kappa shape index (κ2) is 9.02. The summed E-state index contributed by atoms with van der Waals surface area (Å²) >= 11 is 0. The van der Waals surface area contributed by atoms with E-state index in [1.165, 1.54) is 4.90 Å². The maximum Gasteiger partial charge on any atom is 0.255 e. The number of hydrogen-bond acceptors (Lipinski definition) is 5. The molecule has 0 radical (unpaired) electrons. The predicted octanol–water partition coefficient (Wildman–Crippen LogP) is 0.563. The molecule has 8 nitrogen and oxygen atoms in total. The number of benzene rings is 1. The molecule has 0 aliphatic carbocycles. The number of pyridine rings is 1. The SMILES string of the molecule is CC(NC(=O)C(O)C(O)C(=O)N1CCCC1)c1ccc(-c2ccc[nH]c2=O)cc1. The summed E-state index contributed by atoms with van der Waals surface area (Å²) in [6, 6.07) is 10.1. The molecule has 2 heterocycles. The van der Waals surface area contributed by atoms with Crippen molar-refractivity contribution in [3.63, 3.8) is 0 Å². The third-order valence-corrected chi connectivity index (χ3v) is 5.14. The molecule has 1 aliphatic rings. The van der Waals surface area contributed by atoms with Crippen LogP contribution in [-0.2, 0) is 9.59 Å². The van der Waals surface area contributed by atoms with Gasteiger partial charge in [0.2, 0.25) is 0 Å². The van der Waals surface area contributed by atoms with Crippen LogP contribution in [0.3, 0.4) is 0 Å². The number of aromatic amines is 1. The van der Waals surface area contributed by atoms with Crippen molar-refractivity contribution in [2.75, 3.05) is 13.1 Å². The minimum absolute atomic E-state index is 0.193. The van der Waals surface area contributed by atoms with Crippen molar-refractivity contribution < 1.29 is 19.8 Å². The van der Waals surface area contributed by atoms with E-state index in [0.29, 0.717) is 18.7 Å². The molecule has 3 rings (SSSR count). The summed E-state index contributed by atoms with van der Waals surface area (Å²) < 4.78 is 0. The van der Waals surface area contributed by atoms with Gasteiger partial charge in [0.1, 0.15) is 0 Å². The highest BCUT2D eigenvalue weighted by atomic mass is 16.3. The number of likely N-dealkylation sites (tertiary alicyclic amines) is 1. The maximum absolute atomic E-state index is 12.3. The van der Waals surface area contributed by atoms with Gasteiger partial charge < -0.3 is 25.4 Å². The summed E-state index contributed by atoms with van der Waals surface area (Å²) in [7, 11) is 0. The third-order valence-electron chi connectivity index (χ3n) is 5.14. The van der Waals surface area contributed by atoms with Gasteiger partial charge >= 0.3 is 0 Å². The number of hydrogen-bond donors (Lipinski definition) is 4. The van der Waals surface area contributed by atoms with Crippen molar-refractivity contribution in [2.24, 2.45) is 0 Å². The number of aromatic nitrogens is 1. The molecular weight excluding hydrogens is 374 g/mol. The summed E-state index contributed by atoms with van der Waals surface area (Å²) in [5, 5.41) is 22.7. The average Bonchev–Trinajstić information content (AvgIpc) is 3.27. The number of nitrogens with one attached hydrogen (secondary N) is 2. The van der Waals surface area contributed by atoms with Crippen LogP contribution in [0.15, 0.2) is 47.4 Å². The first-order valence-corrected chi connectivity index (χ1v) is 9.62. The van der Waals surface area contributed by atoms with Gasteiger partial charge in [0.05, 0.1) is 6.04 Å². The van der Waals surface area contributed by atoms with E-state index in [0.717, 1.165) is 24.0 Å². The van der Waals surface area contributed by atoms with Crippen LogP contribution in [-0.4, -0.2) is 57.2 Å². The number of nitrogens with zero attached hydrogens (tertiary/aromatic N) is 1. The van der Waals surface area contributed by atoms with Gasteiger partial charge in [-0.1, -0.05) is 24.3 Å². The first-order chi connectivity index (χ1) is 13.9. The van der Waals surface area contributed by atoms with Gasteiger partial charge in [-0.2, -0.15) is 0 Å². The van der Waals surface area contributed by atoms with Crippen LogP contribution in [0.2, 0.25) is 0 Å². The van der Waals surface area contributed by atoms with E-state index < -0.39 is 30.1 Å². The predicted molar refractivity (Wildman–Crippen MR) is 107 cm³/mol. The molecule has 0 spiro atoms. The number of carbonyl (C=O) groups excluding carboxylic acids is 2. The molecular formula is C21H25N3O5. The Morgan fingerprint density at radius 3 is 2.34 bits per heavy atom. The van der Waals surface area contributed by atoms with Crippen molar-refractivity contribution in [3.8, 4) is 11.1 Å². The van der Waals surface area contributed by atoms with Gasteiger partial charge in [-0.25, -0.2) is 0 Å². The molecule has 154 valence electrons. The molecule has 2 amide bonds. The first-order valence-electron chi connectivity index (χ1n) is 9.62. The van der Waals surface area contributed by atoms with Crippen LogP contribution in [0.25, 0.3) is 11.1 Å². The second-order valence-electron chi connectivity index (χ2n) is 7.19. The lowest BCUT2D eigenvalue weighted by Crippen LogP contribution is -2.50. The topological polar surface area (TPSA) is 123 Å². The highest BCUT2D eigenvalue weighted by Crippen LogP contribution is 2.19. The molecule has 1 saturated heterocycles. The molecule has 4 N–H and O–H groups in total. The highest BCUT2D eigenvalue weighted by Gasteiger charge is 2.34. The Labute approximate surface area is 168 Å². The van der Waals surface area contributed by atoms with Gasteiger partial charge in [-0.15, -0.1) is 0 Å². The van der Waals surface area contributed by atoms with Crippen LogP contribution >= 0.6 is 0 Å². The number of amides is 2. The molecule has 0 saturated carbocycles. The number of rotatable bonds is 6. The van der Waals surface area contributed by atoms with E-state index in [9.17, 15) is 24.6 Å². The largest absolute Gasteiger partial charge is 0.380 e. The Morgan fingerprint density at radius 2 is 1.72 bits per heavy atom.